The molecule has 0 aliphatic heterocycles. The van der Waals surface area contributed by atoms with E-state index in [1.165, 1.54) is 6.07 Å². The third-order valence-electron chi connectivity index (χ3n) is 5.23. The first kappa shape index (κ1) is 21.5. The van der Waals surface area contributed by atoms with Crippen molar-refractivity contribution in [2.24, 2.45) is 0 Å². The van der Waals surface area contributed by atoms with Crippen LogP contribution < -0.4 is 0 Å². The number of aliphatic hydroxyl groups is 1. The normalized spacial score (nSPS) is 13.3. The fourth-order valence-corrected chi connectivity index (χ4v) is 3.45. The van der Waals surface area contributed by atoms with Crippen molar-refractivity contribution in [3.63, 3.8) is 0 Å². The molecular formula is C26H28O4. The molecule has 0 saturated carbocycles. The summed E-state index contributed by atoms with van der Waals surface area (Å²) in [7, 11) is 0. The number of phenols is 3. The molecule has 4 N–H and O–H groups in total. The molecular weight excluding hydrogens is 376 g/mol. The molecule has 0 radical (unpaired) electrons. The van der Waals surface area contributed by atoms with E-state index in [-0.39, 0.29) is 17.2 Å². The van der Waals surface area contributed by atoms with Crippen molar-refractivity contribution in [3.8, 4) is 17.2 Å². The van der Waals surface area contributed by atoms with Gasteiger partial charge >= 0.3 is 0 Å². The van der Waals surface area contributed by atoms with Gasteiger partial charge in [0.15, 0.2) is 11.5 Å². The molecule has 0 heterocycles. The summed E-state index contributed by atoms with van der Waals surface area (Å²) in [6, 6.07) is 13.2. The van der Waals surface area contributed by atoms with E-state index < -0.39 is 6.10 Å². The SMILES string of the molecule is C/C=C(\C=C/C(C)O)Cc1cc2cc(Cc3ccc(C)cc3)c(O)c(O)c2cc1O. The summed E-state index contributed by atoms with van der Waals surface area (Å²) in [5.41, 5.74) is 4.48. The molecule has 0 bridgehead atoms. The van der Waals surface area contributed by atoms with Crippen LogP contribution in [0.4, 0.5) is 0 Å². The zero-order chi connectivity index (χ0) is 21.8. The predicted octanol–water partition coefficient (Wildman–Crippen LogP) is 5.28. The van der Waals surface area contributed by atoms with Gasteiger partial charge in [0.2, 0.25) is 0 Å². The van der Waals surface area contributed by atoms with Crippen LogP contribution >= 0.6 is 0 Å². The van der Waals surface area contributed by atoms with Gasteiger partial charge in [-0.1, -0.05) is 48.1 Å². The zero-order valence-corrected chi connectivity index (χ0v) is 17.6. The minimum Gasteiger partial charge on any atom is -0.508 e. The number of allylic oxidation sites excluding steroid dienone is 3. The highest BCUT2D eigenvalue weighted by Crippen LogP contribution is 2.41. The Morgan fingerprint density at radius 1 is 0.967 bits per heavy atom. The molecule has 3 aromatic rings. The minimum atomic E-state index is -0.547. The second-order valence-corrected chi connectivity index (χ2v) is 7.74. The first-order valence-corrected chi connectivity index (χ1v) is 10.0. The standard InChI is InChI=1S/C26H28O4/c1-4-18(10-7-17(3)27)11-21-13-20-14-22(12-19-8-5-16(2)6-9-19)25(29)26(30)23(20)15-24(21)28/h4-10,13-15,17,27-30H,11-12H2,1-3H3/b10-7-,18-4+. The lowest BCUT2D eigenvalue weighted by Gasteiger charge is -2.13. The van der Waals surface area contributed by atoms with Gasteiger partial charge in [-0.3, -0.25) is 0 Å². The molecule has 30 heavy (non-hydrogen) atoms. The van der Waals surface area contributed by atoms with Gasteiger partial charge in [0.05, 0.1) is 6.10 Å². The Morgan fingerprint density at radius 2 is 1.63 bits per heavy atom. The average molecular weight is 405 g/mol. The zero-order valence-electron chi connectivity index (χ0n) is 17.6. The van der Waals surface area contributed by atoms with Crippen molar-refractivity contribution in [3.05, 3.63) is 88.5 Å². The number of benzene rings is 3. The summed E-state index contributed by atoms with van der Waals surface area (Å²) < 4.78 is 0. The van der Waals surface area contributed by atoms with Gasteiger partial charge in [0.1, 0.15) is 5.75 Å². The quantitative estimate of drug-likeness (QED) is 0.333. The second-order valence-electron chi connectivity index (χ2n) is 7.74. The van der Waals surface area contributed by atoms with Crippen molar-refractivity contribution in [1.29, 1.82) is 0 Å². The van der Waals surface area contributed by atoms with Crippen molar-refractivity contribution >= 4 is 10.8 Å². The summed E-state index contributed by atoms with van der Waals surface area (Å²) in [6.07, 6.45) is 5.89. The monoisotopic (exact) mass is 404 g/mol. The lowest BCUT2D eigenvalue weighted by Crippen LogP contribution is -1.95. The van der Waals surface area contributed by atoms with Crippen LogP contribution in [0.1, 0.15) is 36.1 Å². The van der Waals surface area contributed by atoms with Gasteiger partial charge in [0, 0.05) is 23.8 Å². The summed E-state index contributed by atoms with van der Waals surface area (Å²) in [6.45, 7) is 5.61. The molecule has 4 heteroatoms. The summed E-state index contributed by atoms with van der Waals surface area (Å²) in [5.74, 6) is -0.339. The lowest BCUT2D eigenvalue weighted by molar-refractivity contribution is 0.244. The van der Waals surface area contributed by atoms with Crippen LogP contribution in [-0.4, -0.2) is 26.5 Å². The smallest absolute Gasteiger partial charge is 0.165 e. The molecule has 1 unspecified atom stereocenters. The van der Waals surface area contributed by atoms with Crippen LogP contribution in [0, 0.1) is 6.92 Å². The number of fused-ring (bicyclic) bond motifs is 1. The minimum absolute atomic E-state index is 0.0493. The fraction of sp³-hybridized carbons (Fsp3) is 0.231. The van der Waals surface area contributed by atoms with E-state index >= 15 is 0 Å². The maximum atomic E-state index is 10.5. The average Bonchev–Trinajstić information content (AvgIpc) is 2.71. The highest BCUT2D eigenvalue weighted by molar-refractivity contribution is 5.93. The Hall–Kier alpha value is -3.24. The van der Waals surface area contributed by atoms with Crippen LogP contribution in [0.15, 0.2) is 66.3 Å². The van der Waals surface area contributed by atoms with Crippen LogP contribution in [0.3, 0.4) is 0 Å². The summed E-state index contributed by atoms with van der Waals surface area (Å²) in [5, 5.41) is 42.1. The van der Waals surface area contributed by atoms with E-state index in [4.69, 9.17) is 0 Å². The summed E-state index contributed by atoms with van der Waals surface area (Å²) in [4.78, 5) is 0. The Morgan fingerprint density at radius 3 is 2.27 bits per heavy atom. The van der Waals surface area contributed by atoms with Gasteiger partial charge in [-0.2, -0.15) is 0 Å². The molecule has 0 aliphatic rings. The predicted molar refractivity (Wildman–Crippen MR) is 121 cm³/mol. The third kappa shape index (κ3) is 4.84. The van der Waals surface area contributed by atoms with Crippen molar-refractivity contribution in [2.75, 3.05) is 0 Å². The number of rotatable bonds is 6. The van der Waals surface area contributed by atoms with Gasteiger partial charge in [0.25, 0.3) is 0 Å². The number of aliphatic hydroxyl groups excluding tert-OH is 1. The number of hydrogen-bond donors (Lipinski definition) is 4. The second kappa shape index (κ2) is 9.06. The third-order valence-corrected chi connectivity index (χ3v) is 5.23. The number of aryl methyl sites for hydroxylation is 1. The molecule has 0 saturated heterocycles. The van der Waals surface area contributed by atoms with E-state index in [9.17, 15) is 20.4 Å². The Labute approximate surface area is 177 Å². The molecule has 4 nitrogen and oxygen atoms in total. The van der Waals surface area contributed by atoms with E-state index in [0.717, 1.165) is 22.1 Å². The van der Waals surface area contributed by atoms with Crippen molar-refractivity contribution in [1.82, 2.24) is 0 Å². The maximum absolute atomic E-state index is 10.5. The molecule has 3 aromatic carbocycles. The molecule has 156 valence electrons. The van der Waals surface area contributed by atoms with E-state index in [2.05, 4.69) is 0 Å². The van der Waals surface area contributed by atoms with Crippen molar-refractivity contribution in [2.45, 2.75) is 39.7 Å². The number of hydrogen-bond acceptors (Lipinski definition) is 4. The molecule has 0 spiro atoms. The van der Waals surface area contributed by atoms with Gasteiger partial charge in [-0.15, -0.1) is 0 Å². The van der Waals surface area contributed by atoms with Gasteiger partial charge in [-0.25, -0.2) is 0 Å². The highest BCUT2D eigenvalue weighted by atomic mass is 16.3. The molecule has 0 fully saturated rings. The molecule has 0 aliphatic carbocycles. The van der Waals surface area contributed by atoms with Gasteiger partial charge in [-0.05, 0) is 61.1 Å². The topological polar surface area (TPSA) is 80.9 Å². The first-order valence-electron chi connectivity index (χ1n) is 10.0. The molecule has 1 atom stereocenters. The van der Waals surface area contributed by atoms with E-state index in [0.29, 0.717) is 29.4 Å². The summed E-state index contributed by atoms with van der Waals surface area (Å²) >= 11 is 0. The Balaban J connectivity index is 2.01. The number of phenolic OH excluding ortho intramolecular Hbond substituents is 3. The lowest BCUT2D eigenvalue weighted by atomic mass is 9.95. The Bertz CT molecular complexity index is 1110. The Kier molecular flexibility index (Phi) is 6.48. The van der Waals surface area contributed by atoms with E-state index in [1.54, 1.807) is 13.0 Å². The molecule has 0 amide bonds. The molecule has 3 rings (SSSR count). The van der Waals surface area contributed by atoms with Crippen LogP contribution in [-0.2, 0) is 12.8 Å². The van der Waals surface area contributed by atoms with Gasteiger partial charge < -0.3 is 20.4 Å². The fourth-order valence-electron chi connectivity index (χ4n) is 3.45. The van der Waals surface area contributed by atoms with Crippen molar-refractivity contribution < 1.29 is 20.4 Å². The maximum Gasteiger partial charge on any atom is 0.165 e. The molecule has 0 aromatic heterocycles. The highest BCUT2D eigenvalue weighted by Gasteiger charge is 2.15. The van der Waals surface area contributed by atoms with Crippen LogP contribution in [0.25, 0.3) is 10.8 Å². The van der Waals surface area contributed by atoms with Crippen LogP contribution in [0.5, 0.6) is 17.2 Å². The number of aromatic hydroxyl groups is 3. The largest absolute Gasteiger partial charge is 0.508 e. The first-order chi connectivity index (χ1) is 14.3. The van der Waals surface area contributed by atoms with Crippen LogP contribution in [0.2, 0.25) is 0 Å². The van der Waals surface area contributed by atoms with E-state index in [1.807, 2.05) is 62.4 Å².